The van der Waals surface area contributed by atoms with Gasteiger partial charge in [-0.1, -0.05) is 6.92 Å². The van der Waals surface area contributed by atoms with E-state index in [4.69, 9.17) is 0 Å². The molecule has 1 aromatic rings. The number of hydrogen-bond donors (Lipinski definition) is 1. The quantitative estimate of drug-likeness (QED) is 0.924. The molecule has 3 nitrogen and oxygen atoms in total. The Morgan fingerprint density at radius 1 is 1.61 bits per heavy atom. The smallest absolute Gasteiger partial charge is 0.219 e. The van der Waals surface area contributed by atoms with Gasteiger partial charge in [0.2, 0.25) is 5.91 Å². The third-order valence-electron chi connectivity index (χ3n) is 3.52. The Balaban J connectivity index is 1.82. The summed E-state index contributed by atoms with van der Waals surface area (Å²) in [4.78, 5) is 14.6. The van der Waals surface area contributed by atoms with E-state index in [1.54, 1.807) is 18.3 Å². The maximum absolute atomic E-state index is 11.3. The van der Waals surface area contributed by atoms with E-state index in [-0.39, 0.29) is 5.91 Å². The van der Waals surface area contributed by atoms with Crippen LogP contribution in [-0.2, 0) is 11.3 Å². The van der Waals surface area contributed by atoms with Crippen LogP contribution in [0, 0.1) is 5.92 Å². The SMILES string of the molecule is CC(=O)N1CC[C@H](NCc2ccc(Br)s2)[C@H](C)C1. The van der Waals surface area contributed by atoms with Crippen LogP contribution >= 0.6 is 27.3 Å². The molecule has 1 aliphatic rings. The molecule has 0 aliphatic carbocycles. The lowest BCUT2D eigenvalue weighted by molar-refractivity contribution is -0.130. The second kappa shape index (κ2) is 6.17. The van der Waals surface area contributed by atoms with E-state index in [9.17, 15) is 4.79 Å². The average Bonchev–Trinajstić information content (AvgIpc) is 2.73. The van der Waals surface area contributed by atoms with Crippen molar-refractivity contribution in [3.8, 4) is 0 Å². The first kappa shape index (κ1) is 14.0. The maximum atomic E-state index is 11.3. The third kappa shape index (κ3) is 3.56. The summed E-state index contributed by atoms with van der Waals surface area (Å²) in [6.07, 6.45) is 1.05. The average molecular weight is 331 g/mol. The lowest BCUT2D eigenvalue weighted by Crippen LogP contribution is -2.49. The molecule has 1 aliphatic heterocycles. The van der Waals surface area contributed by atoms with Gasteiger partial charge in [0.25, 0.3) is 0 Å². The van der Waals surface area contributed by atoms with Crippen LogP contribution < -0.4 is 5.32 Å². The number of piperidine rings is 1. The van der Waals surface area contributed by atoms with Crippen molar-refractivity contribution >= 4 is 33.2 Å². The van der Waals surface area contributed by atoms with Crippen molar-refractivity contribution in [2.75, 3.05) is 13.1 Å². The fraction of sp³-hybridized carbons (Fsp3) is 0.615. The monoisotopic (exact) mass is 330 g/mol. The maximum Gasteiger partial charge on any atom is 0.219 e. The van der Waals surface area contributed by atoms with Crippen LogP contribution in [0.15, 0.2) is 15.9 Å². The number of thiophene rings is 1. The summed E-state index contributed by atoms with van der Waals surface area (Å²) in [5.74, 6) is 0.716. The van der Waals surface area contributed by atoms with Crippen LogP contribution in [-0.4, -0.2) is 29.9 Å². The topological polar surface area (TPSA) is 32.3 Å². The molecule has 2 heterocycles. The van der Waals surface area contributed by atoms with Crippen molar-refractivity contribution < 1.29 is 4.79 Å². The Morgan fingerprint density at radius 3 is 2.94 bits per heavy atom. The van der Waals surface area contributed by atoms with Gasteiger partial charge in [0, 0.05) is 37.5 Å². The predicted octanol–water partition coefficient (Wildman–Crippen LogP) is 2.86. The Hall–Kier alpha value is -0.390. The fourth-order valence-corrected chi connectivity index (χ4v) is 3.85. The number of hydrogen-bond acceptors (Lipinski definition) is 3. The molecule has 18 heavy (non-hydrogen) atoms. The molecule has 0 aromatic carbocycles. The minimum atomic E-state index is 0.197. The number of likely N-dealkylation sites (tertiary alicyclic amines) is 1. The van der Waals surface area contributed by atoms with Gasteiger partial charge in [-0.15, -0.1) is 11.3 Å². The minimum absolute atomic E-state index is 0.197. The van der Waals surface area contributed by atoms with Crippen molar-refractivity contribution in [3.05, 3.63) is 20.8 Å². The highest BCUT2D eigenvalue weighted by molar-refractivity contribution is 9.11. The second-order valence-corrected chi connectivity index (χ2v) is 7.47. The largest absolute Gasteiger partial charge is 0.343 e. The second-order valence-electron chi connectivity index (χ2n) is 4.92. The number of carbonyl (C=O) groups is 1. The van der Waals surface area contributed by atoms with Gasteiger partial charge in [-0.05, 0) is 40.4 Å². The predicted molar refractivity (Wildman–Crippen MR) is 78.7 cm³/mol. The lowest BCUT2D eigenvalue weighted by Gasteiger charge is -2.37. The van der Waals surface area contributed by atoms with E-state index in [0.717, 1.165) is 26.1 Å². The van der Waals surface area contributed by atoms with Crippen molar-refractivity contribution in [2.24, 2.45) is 5.92 Å². The summed E-state index contributed by atoms with van der Waals surface area (Å²) >= 11 is 5.25. The minimum Gasteiger partial charge on any atom is -0.343 e. The Bertz CT molecular complexity index is 421. The summed E-state index contributed by atoms with van der Waals surface area (Å²) in [7, 11) is 0. The number of amides is 1. The van der Waals surface area contributed by atoms with Gasteiger partial charge in [-0.2, -0.15) is 0 Å². The number of carbonyl (C=O) groups excluding carboxylic acids is 1. The van der Waals surface area contributed by atoms with Gasteiger partial charge in [0.15, 0.2) is 0 Å². The standard InChI is InChI=1S/C13H19BrN2OS/c1-9-8-16(10(2)17)6-5-12(9)15-7-11-3-4-13(14)18-11/h3-4,9,12,15H,5-8H2,1-2H3/t9-,12+/m1/s1. The Morgan fingerprint density at radius 2 is 2.39 bits per heavy atom. The van der Waals surface area contributed by atoms with E-state index >= 15 is 0 Å². The van der Waals surface area contributed by atoms with Crippen LogP contribution in [0.5, 0.6) is 0 Å². The molecule has 1 fully saturated rings. The number of nitrogens with one attached hydrogen (secondary N) is 1. The molecule has 2 rings (SSSR count). The van der Waals surface area contributed by atoms with E-state index in [1.165, 1.54) is 8.66 Å². The highest BCUT2D eigenvalue weighted by Crippen LogP contribution is 2.23. The van der Waals surface area contributed by atoms with Gasteiger partial charge in [0.05, 0.1) is 3.79 Å². The van der Waals surface area contributed by atoms with Gasteiger partial charge in [-0.25, -0.2) is 0 Å². The normalized spacial score (nSPS) is 24.3. The number of halogens is 1. The lowest BCUT2D eigenvalue weighted by atomic mass is 9.94. The summed E-state index contributed by atoms with van der Waals surface area (Å²) in [6.45, 7) is 6.55. The fourth-order valence-electron chi connectivity index (χ4n) is 2.41. The van der Waals surface area contributed by atoms with Crippen molar-refractivity contribution in [3.63, 3.8) is 0 Å². The van der Waals surface area contributed by atoms with Gasteiger partial charge >= 0.3 is 0 Å². The molecule has 5 heteroatoms. The van der Waals surface area contributed by atoms with E-state index in [1.807, 2.05) is 4.90 Å². The number of nitrogens with zero attached hydrogens (tertiary/aromatic N) is 1. The first-order valence-electron chi connectivity index (χ1n) is 6.29. The first-order chi connectivity index (χ1) is 8.56. The number of rotatable bonds is 3. The van der Waals surface area contributed by atoms with Crippen LogP contribution in [0.1, 0.15) is 25.1 Å². The van der Waals surface area contributed by atoms with Crippen molar-refractivity contribution in [1.29, 1.82) is 0 Å². The molecule has 0 saturated carbocycles. The Labute approximate surface area is 121 Å². The molecular formula is C13H19BrN2OS. The van der Waals surface area contributed by atoms with E-state index in [0.29, 0.717) is 12.0 Å². The van der Waals surface area contributed by atoms with Gasteiger partial charge in [-0.3, -0.25) is 4.79 Å². The summed E-state index contributed by atoms with van der Waals surface area (Å²) in [5, 5.41) is 3.61. The van der Waals surface area contributed by atoms with E-state index < -0.39 is 0 Å². The van der Waals surface area contributed by atoms with Crippen LogP contribution in [0.3, 0.4) is 0 Å². The molecule has 0 unspecified atom stereocenters. The molecule has 0 radical (unpaired) electrons. The van der Waals surface area contributed by atoms with Gasteiger partial charge in [0.1, 0.15) is 0 Å². The molecule has 1 N–H and O–H groups in total. The van der Waals surface area contributed by atoms with Crippen LogP contribution in [0.2, 0.25) is 0 Å². The Kier molecular flexibility index (Phi) is 4.81. The van der Waals surface area contributed by atoms with Gasteiger partial charge < -0.3 is 10.2 Å². The van der Waals surface area contributed by atoms with E-state index in [2.05, 4.69) is 40.3 Å². The highest BCUT2D eigenvalue weighted by Gasteiger charge is 2.26. The van der Waals surface area contributed by atoms with Crippen molar-refractivity contribution in [2.45, 2.75) is 32.9 Å². The highest BCUT2D eigenvalue weighted by atomic mass is 79.9. The summed E-state index contributed by atoms with van der Waals surface area (Å²) in [6, 6.07) is 4.75. The molecule has 2 atom stereocenters. The zero-order valence-electron chi connectivity index (χ0n) is 10.8. The zero-order chi connectivity index (χ0) is 13.1. The third-order valence-corrected chi connectivity index (χ3v) is 5.14. The van der Waals surface area contributed by atoms with Crippen LogP contribution in [0.4, 0.5) is 0 Å². The molecule has 1 saturated heterocycles. The molecule has 1 amide bonds. The molecule has 1 aromatic heterocycles. The van der Waals surface area contributed by atoms with Crippen LogP contribution in [0.25, 0.3) is 0 Å². The first-order valence-corrected chi connectivity index (χ1v) is 7.90. The summed E-state index contributed by atoms with van der Waals surface area (Å²) in [5.41, 5.74) is 0. The summed E-state index contributed by atoms with van der Waals surface area (Å²) < 4.78 is 1.18. The zero-order valence-corrected chi connectivity index (χ0v) is 13.2. The molecule has 0 bridgehead atoms. The van der Waals surface area contributed by atoms with Crippen molar-refractivity contribution in [1.82, 2.24) is 10.2 Å². The molecule has 0 spiro atoms. The molecule has 100 valence electrons. The molecular weight excluding hydrogens is 312 g/mol.